The van der Waals surface area contributed by atoms with Crippen LogP contribution in [0, 0.1) is 0 Å². The first-order valence-electron chi connectivity index (χ1n) is 4.11. The monoisotopic (exact) mass is 227 g/mol. The number of rotatable bonds is 0. The molecule has 0 saturated carbocycles. The zero-order valence-electron chi connectivity index (χ0n) is 7.40. The highest BCUT2D eigenvalue weighted by molar-refractivity contribution is 7.73. The molecule has 1 unspecified atom stereocenters. The third kappa shape index (κ3) is 1.52. The quantitative estimate of drug-likeness (QED) is 0.651. The molecular weight excluding hydrogens is 221 g/mol. The summed E-state index contributed by atoms with van der Waals surface area (Å²) in [6, 6.07) is 6.18. The van der Waals surface area contributed by atoms with Crippen LogP contribution in [0.15, 0.2) is 24.3 Å². The molecule has 1 N–H and O–H groups in total. The molecule has 4 nitrogen and oxygen atoms in total. The van der Waals surface area contributed by atoms with E-state index in [0.717, 1.165) is 0 Å². The van der Waals surface area contributed by atoms with Gasteiger partial charge in [0.05, 0.1) is 0 Å². The first-order chi connectivity index (χ1) is 7.11. The number of amides is 1. The minimum Gasteiger partial charge on any atom is -0.323 e. The largest absolute Gasteiger partial charge is 0.323 e. The Bertz CT molecular complexity index is 556. The molecule has 0 aliphatic carbocycles. The van der Waals surface area contributed by atoms with Crippen LogP contribution < -0.4 is 5.32 Å². The Kier molecular flexibility index (Phi) is 2.28. The molecule has 1 heterocycles. The average molecular weight is 227 g/mol. The van der Waals surface area contributed by atoms with Crippen LogP contribution in [-0.2, 0) is 15.1 Å². The highest BCUT2D eigenvalue weighted by Gasteiger charge is 2.33. The van der Waals surface area contributed by atoms with Gasteiger partial charge in [-0.3, -0.25) is 4.79 Å². The van der Waals surface area contributed by atoms with Crippen molar-refractivity contribution in [3.63, 3.8) is 0 Å². The van der Waals surface area contributed by atoms with Crippen LogP contribution in [0.5, 0.6) is 0 Å². The molecule has 0 aromatic heterocycles. The van der Waals surface area contributed by atoms with Crippen molar-refractivity contribution in [3.05, 3.63) is 29.8 Å². The normalized spacial score (nSPS) is 19.4. The second-order valence-electron chi connectivity index (χ2n) is 3.00. The topological polar surface area (TPSA) is 63.2 Å². The lowest BCUT2D eigenvalue weighted by molar-refractivity contribution is -0.118. The molecule has 0 radical (unpaired) electrons. The van der Waals surface area contributed by atoms with Crippen molar-refractivity contribution in [2.75, 3.05) is 5.32 Å². The number of carbonyl (C=O) groups excluding carboxylic acids is 1. The molecule has 0 fully saturated rings. The number of hydrogen-bond donors (Lipinski definition) is 1. The van der Waals surface area contributed by atoms with Crippen LogP contribution in [0.4, 0.5) is 10.1 Å². The number of carbonyl (C=O) groups is 1. The standard InChI is InChI=1S/C9H6FNO3S/c10-7-8(15(13)14)5-3-1-2-4-6(5)11-9(7)12/h1-4,7H,(H,11,12). The van der Waals surface area contributed by atoms with Gasteiger partial charge in [-0.15, -0.1) is 0 Å². The Morgan fingerprint density at radius 3 is 2.60 bits per heavy atom. The van der Waals surface area contributed by atoms with Gasteiger partial charge in [-0.25, -0.2) is 4.39 Å². The van der Waals surface area contributed by atoms with Gasteiger partial charge in [0, 0.05) is 11.3 Å². The minimum atomic E-state index is -2.73. The Morgan fingerprint density at radius 2 is 1.93 bits per heavy atom. The molecule has 0 bridgehead atoms. The third-order valence-electron chi connectivity index (χ3n) is 2.09. The van der Waals surface area contributed by atoms with Gasteiger partial charge in [0.1, 0.15) is 4.86 Å². The lowest BCUT2D eigenvalue weighted by Gasteiger charge is -2.19. The Balaban J connectivity index is 2.77. The number of anilines is 1. The van der Waals surface area contributed by atoms with E-state index in [1.165, 1.54) is 12.1 Å². The first-order valence-corrected chi connectivity index (χ1v) is 5.19. The zero-order chi connectivity index (χ0) is 11.0. The number of benzene rings is 1. The molecule has 1 atom stereocenters. The van der Waals surface area contributed by atoms with Crippen molar-refractivity contribution >= 4 is 26.8 Å². The summed E-state index contributed by atoms with van der Waals surface area (Å²) >= 11 is 0. The van der Waals surface area contributed by atoms with Gasteiger partial charge >= 0.3 is 0 Å². The van der Waals surface area contributed by atoms with Crippen LogP contribution in [0.2, 0.25) is 0 Å². The van der Waals surface area contributed by atoms with Crippen LogP contribution in [0.1, 0.15) is 5.56 Å². The van der Waals surface area contributed by atoms with Crippen molar-refractivity contribution < 1.29 is 17.6 Å². The fraction of sp³-hybridized carbons (Fsp3) is 0.111. The number of hydrogen-bond acceptors (Lipinski definition) is 3. The summed E-state index contributed by atoms with van der Waals surface area (Å²) in [5, 5.41) is 2.29. The lowest BCUT2D eigenvalue weighted by Crippen LogP contribution is -2.37. The van der Waals surface area contributed by atoms with E-state index < -0.39 is 27.2 Å². The maximum absolute atomic E-state index is 13.3. The average Bonchev–Trinajstić information content (AvgIpc) is 2.19. The van der Waals surface area contributed by atoms with E-state index in [0.29, 0.717) is 5.69 Å². The second kappa shape index (κ2) is 3.47. The van der Waals surface area contributed by atoms with Crippen molar-refractivity contribution in [2.45, 2.75) is 6.17 Å². The molecule has 1 amide bonds. The van der Waals surface area contributed by atoms with Crippen molar-refractivity contribution in [3.8, 4) is 0 Å². The molecule has 15 heavy (non-hydrogen) atoms. The number of alkyl halides is 1. The van der Waals surface area contributed by atoms with Crippen molar-refractivity contribution in [2.24, 2.45) is 0 Å². The summed E-state index contributed by atoms with van der Waals surface area (Å²) in [6.45, 7) is 0. The van der Waals surface area contributed by atoms with Gasteiger partial charge in [0.15, 0.2) is 0 Å². The number of halogens is 1. The predicted octanol–water partition coefficient (Wildman–Crippen LogP) is 0.376. The molecular formula is C9H6FNO3S. The van der Waals surface area contributed by atoms with E-state index in [1.807, 2.05) is 0 Å². The van der Waals surface area contributed by atoms with Gasteiger partial charge in [-0.1, -0.05) is 18.2 Å². The molecule has 1 aliphatic rings. The summed E-state index contributed by atoms with van der Waals surface area (Å²) in [4.78, 5) is 10.6. The van der Waals surface area contributed by atoms with Crippen LogP contribution in [-0.4, -0.2) is 25.4 Å². The van der Waals surface area contributed by atoms with Gasteiger partial charge in [-0.2, -0.15) is 8.42 Å². The van der Waals surface area contributed by atoms with Crippen molar-refractivity contribution in [1.29, 1.82) is 0 Å². The van der Waals surface area contributed by atoms with Gasteiger partial charge in [0.25, 0.3) is 5.91 Å². The summed E-state index contributed by atoms with van der Waals surface area (Å²) in [7, 11) is -2.73. The maximum atomic E-state index is 13.3. The van der Waals surface area contributed by atoms with E-state index >= 15 is 0 Å². The van der Waals surface area contributed by atoms with E-state index in [9.17, 15) is 17.6 Å². The highest BCUT2D eigenvalue weighted by atomic mass is 32.2. The number of para-hydroxylation sites is 1. The summed E-state index contributed by atoms with van der Waals surface area (Å²) in [5.41, 5.74) is 0.522. The van der Waals surface area contributed by atoms with E-state index in [2.05, 4.69) is 5.32 Å². The Hall–Kier alpha value is -1.69. The van der Waals surface area contributed by atoms with Gasteiger partial charge in [-0.05, 0) is 6.07 Å². The van der Waals surface area contributed by atoms with E-state index in [-0.39, 0.29) is 5.56 Å². The highest BCUT2D eigenvalue weighted by Crippen LogP contribution is 2.23. The summed E-state index contributed by atoms with van der Waals surface area (Å²) < 4.78 is 35.0. The minimum absolute atomic E-state index is 0.206. The molecule has 2 rings (SSSR count). The van der Waals surface area contributed by atoms with Crippen LogP contribution in [0.25, 0.3) is 0 Å². The van der Waals surface area contributed by atoms with Crippen LogP contribution in [0.3, 0.4) is 0 Å². The molecule has 1 aromatic carbocycles. The summed E-state index contributed by atoms with van der Waals surface area (Å²) in [6.07, 6.45) is -2.13. The van der Waals surface area contributed by atoms with Crippen LogP contribution >= 0.6 is 0 Å². The van der Waals surface area contributed by atoms with Gasteiger partial charge in [0.2, 0.25) is 16.5 Å². The lowest BCUT2D eigenvalue weighted by atomic mass is 10.0. The zero-order valence-corrected chi connectivity index (χ0v) is 8.21. The molecule has 0 spiro atoms. The second-order valence-corrected chi connectivity index (χ2v) is 3.91. The predicted molar refractivity (Wildman–Crippen MR) is 53.0 cm³/mol. The summed E-state index contributed by atoms with van der Waals surface area (Å²) in [5.74, 6) is -0.951. The SMILES string of the molecule is O=C1Nc2ccccc2C(=S(=O)=O)C1F. The molecule has 1 aliphatic heterocycles. The molecule has 6 heteroatoms. The smallest absolute Gasteiger partial charge is 0.264 e. The maximum Gasteiger partial charge on any atom is 0.264 e. The molecule has 0 saturated heterocycles. The Morgan fingerprint density at radius 1 is 1.27 bits per heavy atom. The molecule has 1 aromatic rings. The number of fused-ring (bicyclic) bond motifs is 1. The van der Waals surface area contributed by atoms with E-state index in [1.54, 1.807) is 12.1 Å². The number of nitrogens with one attached hydrogen (secondary N) is 1. The van der Waals surface area contributed by atoms with Crippen molar-refractivity contribution in [1.82, 2.24) is 0 Å². The van der Waals surface area contributed by atoms with E-state index in [4.69, 9.17) is 0 Å². The third-order valence-corrected chi connectivity index (χ3v) is 2.88. The Labute approximate surface area is 86.3 Å². The first kappa shape index (κ1) is 9.85. The van der Waals surface area contributed by atoms with Gasteiger partial charge < -0.3 is 5.32 Å². The fourth-order valence-corrected chi connectivity index (χ4v) is 2.07. The molecule has 78 valence electrons. The fourth-order valence-electron chi connectivity index (χ4n) is 1.43.